The molecule has 1 fully saturated rings. The monoisotopic (exact) mass is 440 g/mol. The molecular formula is C25H36N4O3. The van der Waals surface area contributed by atoms with Crippen molar-refractivity contribution >= 4 is 5.96 Å². The molecule has 3 N–H and O–H groups in total. The van der Waals surface area contributed by atoms with Crippen LogP contribution in [0.2, 0.25) is 0 Å². The first-order valence-corrected chi connectivity index (χ1v) is 11.5. The summed E-state index contributed by atoms with van der Waals surface area (Å²) in [7, 11) is 1.61. The van der Waals surface area contributed by atoms with E-state index in [1.54, 1.807) is 7.11 Å². The molecule has 1 aliphatic heterocycles. The van der Waals surface area contributed by atoms with Crippen LogP contribution in [-0.4, -0.2) is 62.5 Å². The number of guanidine groups is 1. The minimum atomic E-state index is -0.0334. The molecule has 0 saturated carbocycles. The number of ether oxygens (including phenoxy) is 2. The summed E-state index contributed by atoms with van der Waals surface area (Å²) in [6.45, 7) is 6.67. The summed E-state index contributed by atoms with van der Waals surface area (Å²) in [5.41, 5.74) is 2.36. The SMILES string of the molecule is CCNC(=NCc1ccc(OCCO)c(OC)c1)NCC(c1ccccc1)N1CCCC1. The van der Waals surface area contributed by atoms with Crippen molar-refractivity contribution in [3.63, 3.8) is 0 Å². The van der Waals surface area contributed by atoms with E-state index in [1.165, 1.54) is 18.4 Å². The molecule has 7 heteroatoms. The Morgan fingerprint density at radius 1 is 1.09 bits per heavy atom. The van der Waals surface area contributed by atoms with Crippen LogP contribution in [0.25, 0.3) is 0 Å². The first-order chi connectivity index (χ1) is 15.7. The molecule has 174 valence electrons. The zero-order valence-corrected chi connectivity index (χ0v) is 19.2. The number of hydrogen-bond acceptors (Lipinski definition) is 5. The number of nitrogens with one attached hydrogen (secondary N) is 2. The van der Waals surface area contributed by atoms with E-state index < -0.39 is 0 Å². The number of aliphatic imine (C=N–C) groups is 1. The van der Waals surface area contributed by atoms with Gasteiger partial charge in [0.15, 0.2) is 17.5 Å². The molecule has 0 aromatic heterocycles. The third kappa shape index (κ3) is 6.87. The van der Waals surface area contributed by atoms with Crippen LogP contribution in [0.5, 0.6) is 11.5 Å². The smallest absolute Gasteiger partial charge is 0.191 e. The summed E-state index contributed by atoms with van der Waals surface area (Å²) in [5.74, 6) is 2.06. The van der Waals surface area contributed by atoms with Crippen LogP contribution in [0.1, 0.15) is 36.9 Å². The summed E-state index contributed by atoms with van der Waals surface area (Å²) >= 11 is 0. The Balaban J connectivity index is 1.67. The zero-order valence-electron chi connectivity index (χ0n) is 19.2. The third-order valence-corrected chi connectivity index (χ3v) is 5.57. The highest BCUT2D eigenvalue weighted by molar-refractivity contribution is 5.79. The number of methoxy groups -OCH3 is 1. The minimum absolute atomic E-state index is 0.0334. The Kier molecular flexibility index (Phi) is 9.65. The molecule has 0 spiro atoms. The summed E-state index contributed by atoms with van der Waals surface area (Å²) < 4.78 is 10.9. The van der Waals surface area contributed by atoms with Gasteiger partial charge in [-0.1, -0.05) is 36.4 Å². The van der Waals surface area contributed by atoms with Gasteiger partial charge in [-0.2, -0.15) is 0 Å². The molecule has 0 bridgehead atoms. The van der Waals surface area contributed by atoms with Gasteiger partial charge in [-0.3, -0.25) is 4.90 Å². The summed E-state index contributed by atoms with van der Waals surface area (Å²) in [6, 6.07) is 16.8. The molecule has 2 aromatic rings. The molecule has 7 nitrogen and oxygen atoms in total. The maximum absolute atomic E-state index is 8.97. The molecule has 2 aromatic carbocycles. The van der Waals surface area contributed by atoms with Crippen LogP contribution >= 0.6 is 0 Å². The zero-order chi connectivity index (χ0) is 22.6. The summed E-state index contributed by atoms with van der Waals surface area (Å²) in [6.07, 6.45) is 2.52. The van der Waals surface area contributed by atoms with Crippen molar-refractivity contribution in [2.75, 3.05) is 46.5 Å². The molecule has 0 aliphatic carbocycles. The molecule has 1 unspecified atom stereocenters. The number of hydrogen-bond donors (Lipinski definition) is 3. The van der Waals surface area contributed by atoms with Crippen LogP contribution in [0.15, 0.2) is 53.5 Å². The van der Waals surface area contributed by atoms with Crippen LogP contribution in [0.4, 0.5) is 0 Å². The Hall–Kier alpha value is -2.77. The van der Waals surface area contributed by atoms with E-state index in [-0.39, 0.29) is 13.2 Å². The normalized spacial score (nSPS) is 15.4. The van der Waals surface area contributed by atoms with Crippen molar-refractivity contribution in [2.45, 2.75) is 32.4 Å². The maximum Gasteiger partial charge on any atom is 0.191 e. The van der Waals surface area contributed by atoms with Gasteiger partial charge >= 0.3 is 0 Å². The second-order valence-electron chi connectivity index (χ2n) is 7.80. The fourth-order valence-electron chi connectivity index (χ4n) is 3.98. The summed E-state index contributed by atoms with van der Waals surface area (Å²) in [5, 5.41) is 15.9. The second kappa shape index (κ2) is 12.9. The minimum Gasteiger partial charge on any atom is -0.493 e. The van der Waals surface area contributed by atoms with Crippen LogP contribution in [0.3, 0.4) is 0 Å². The van der Waals surface area contributed by atoms with Crippen molar-refractivity contribution in [2.24, 2.45) is 4.99 Å². The van der Waals surface area contributed by atoms with E-state index in [0.29, 0.717) is 24.1 Å². The fourth-order valence-corrected chi connectivity index (χ4v) is 3.98. The molecule has 1 heterocycles. The van der Waals surface area contributed by atoms with Crippen molar-refractivity contribution < 1.29 is 14.6 Å². The van der Waals surface area contributed by atoms with Crippen molar-refractivity contribution in [3.8, 4) is 11.5 Å². The van der Waals surface area contributed by atoms with Crippen LogP contribution < -0.4 is 20.1 Å². The number of aliphatic hydroxyl groups excluding tert-OH is 1. The molecule has 3 rings (SSSR count). The fraction of sp³-hybridized carbons (Fsp3) is 0.480. The largest absolute Gasteiger partial charge is 0.493 e. The average molecular weight is 441 g/mol. The summed E-state index contributed by atoms with van der Waals surface area (Å²) in [4.78, 5) is 7.34. The standard InChI is InChI=1S/C25H36N4O3/c1-3-26-25(27-18-20-11-12-23(32-16-15-30)24(17-20)31-2)28-19-22(29-13-7-8-14-29)21-9-5-4-6-10-21/h4-6,9-12,17,22,30H,3,7-8,13-16,18-19H2,1-2H3,(H2,26,27,28). The lowest BCUT2D eigenvalue weighted by Crippen LogP contribution is -2.42. The van der Waals surface area contributed by atoms with E-state index in [9.17, 15) is 0 Å². The highest BCUT2D eigenvalue weighted by atomic mass is 16.5. The van der Waals surface area contributed by atoms with E-state index in [1.807, 2.05) is 18.2 Å². The van der Waals surface area contributed by atoms with Gasteiger partial charge in [0.1, 0.15) is 6.61 Å². The highest BCUT2D eigenvalue weighted by Gasteiger charge is 2.23. The molecule has 0 amide bonds. The lowest BCUT2D eigenvalue weighted by atomic mass is 10.1. The average Bonchev–Trinajstić information content (AvgIpc) is 3.36. The van der Waals surface area contributed by atoms with Crippen LogP contribution in [-0.2, 0) is 6.54 Å². The number of nitrogens with zero attached hydrogens (tertiary/aromatic N) is 2. The second-order valence-corrected chi connectivity index (χ2v) is 7.80. The topological polar surface area (TPSA) is 78.4 Å². The van der Waals surface area contributed by atoms with Gasteiger partial charge in [0.2, 0.25) is 0 Å². The van der Waals surface area contributed by atoms with E-state index in [0.717, 1.165) is 37.7 Å². The predicted molar refractivity (Wildman–Crippen MR) is 128 cm³/mol. The van der Waals surface area contributed by atoms with Crippen molar-refractivity contribution in [3.05, 3.63) is 59.7 Å². The van der Waals surface area contributed by atoms with E-state index >= 15 is 0 Å². The Morgan fingerprint density at radius 2 is 1.88 bits per heavy atom. The number of rotatable bonds is 11. The first kappa shape index (κ1) is 23.9. The van der Waals surface area contributed by atoms with Gasteiger partial charge in [-0.25, -0.2) is 4.99 Å². The molecular weight excluding hydrogens is 404 g/mol. The van der Waals surface area contributed by atoms with Gasteiger partial charge in [0.05, 0.1) is 26.3 Å². The Labute approximate surface area is 191 Å². The number of benzene rings is 2. The van der Waals surface area contributed by atoms with Gasteiger partial charge in [0.25, 0.3) is 0 Å². The quantitative estimate of drug-likeness (QED) is 0.368. The maximum atomic E-state index is 8.97. The van der Waals surface area contributed by atoms with Gasteiger partial charge in [-0.05, 0) is 56.1 Å². The predicted octanol–water partition coefficient (Wildman–Crippen LogP) is 2.96. The van der Waals surface area contributed by atoms with Gasteiger partial charge in [-0.15, -0.1) is 0 Å². The molecule has 0 radical (unpaired) electrons. The molecule has 1 saturated heterocycles. The lowest BCUT2D eigenvalue weighted by Gasteiger charge is -2.29. The lowest BCUT2D eigenvalue weighted by molar-refractivity contribution is 0.196. The van der Waals surface area contributed by atoms with Crippen LogP contribution in [0, 0.1) is 0 Å². The number of likely N-dealkylation sites (tertiary alicyclic amines) is 1. The van der Waals surface area contributed by atoms with Crippen molar-refractivity contribution in [1.82, 2.24) is 15.5 Å². The molecule has 1 aliphatic rings. The highest BCUT2D eigenvalue weighted by Crippen LogP contribution is 2.28. The first-order valence-electron chi connectivity index (χ1n) is 11.5. The molecule has 32 heavy (non-hydrogen) atoms. The van der Waals surface area contributed by atoms with E-state index in [2.05, 4.69) is 52.8 Å². The molecule has 1 atom stereocenters. The third-order valence-electron chi connectivity index (χ3n) is 5.57. The van der Waals surface area contributed by atoms with Crippen molar-refractivity contribution in [1.29, 1.82) is 0 Å². The van der Waals surface area contributed by atoms with E-state index in [4.69, 9.17) is 19.6 Å². The Bertz CT molecular complexity index is 838. The Morgan fingerprint density at radius 3 is 2.56 bits per heavy atom. The van der Waals surface area contributed by atoms with Gasteiger partial charge < -0.3 is 25.2 Å². The van der Waals surface area contributed by atoms with Gasteiger partial charge in [0, 0.05) is 13.1 Å². The number of aliphatic hydroxyl groups is 1.